The van der Waals surface area contributed by atoms with Crippen molar-refractivity contribution in [2.75, 3.05) is 19.0 Å². The van der Waals surface area contributed by atoms with Crippen molar-refractivity contribution in [2.45, 2.75) is 13.8 Å². The normalized spacial score (nSPS) is 10.5. The predicted octanol–water partition coefficient (Wildman–Crippen LogP) is 3.72. The van der Waals surface area contributed by atoms with Crippen LogP contribution in [0.25, 0.3) is 0 Å². The van der Waals surface area contributed by atoms with E-state index >= 15 is 0 Å². The van der Waals surface area contributed by atoms with Crippen LogP contribution in [0.5, 0.6) is 11.5 Å². The first-order valence-corrected chi connectivity index (χ1v) is 8.00. The minimum atomic E-state index is 0.426. The van der Waals surface area contributed by atoms with Crippen LogP contribution in [-0.4, -0.2) is 25.0 Å². The Labute approximate surface area is 147 Å². The van der Waals surface area contributed by atoms with E-state index in [1.165, 1.54) is 0 Å². The highest BCUT2D eigenvalue weighted by Gasteiger charge is 2.04. The van der Waals surface area contributed by atoms with E-state index in [9.17, 15) is 0 Å². The molecule has 24 heavy (non-hydrogen) atoms. The number of nitrogens with zero attached hydrogens (tertiary/aromatic N) is 1. The largest absolute Gasteiger partial charge is 0.493 e. The van der Waals surface area contributed by atoms with Crippen LogP contribution >= 0.6 is 12.2 Å². The fourth-order valence-electron chi connectivity index (χ4n) is 2.09. The second-order valence-electron chi connectivity index (χ2n) is 5.04. The van der Waals surface area contributed by atoms with E-state index in [0.717, 1.165) is 16.8 Å². The molecule has 0 atom stereocenters. The lowest BCUT2D eigenvalue weighted by atomic mass is 10.2. The Balaban J connectivity index is 1.94. The summed E-state index contributed by atoms with van der Waals surface area (Å²) in [5.41, 5.74) is 5.75. The summed E-state index contributed by atoms with van der Waals surface area (Å²) in [5, 5.41) is 7.64. The lowest BCUT2D eigenvalue weighted by Crippen LogP contribution is -2.23. The van der Waals surface area contributed by atoms with E-state index in [1.54, 1.807) is 13.3 Å². The second-order valence-corrected chi connectivity index (χ2v) is 5.45. The van der Waals surface area contributed by atoms with E-state index in [-0.39, 0.29) is 0 Å². The number of ether oxygens (including phenoxy) is 2. The van der Waals surface area contributed by atoms with Gasteiger partial charge in [-0.15, -0.1) is 0 Å². The van der Waals surface area contributed by atoms with E-state index in [2.05, 4.69) is 15.8 Å². The Morgan fingerprint density at radius 2 is 2.04 bits per heavy atom. The van der Waals surface area contributed by atoms with Crippen molar-refractivity contribution in [1.29, 1.82) is 0 Å². The summed E-state index contributed by atoms with van der Waals surface area (Å²) in [6, 6.07) is 13.6. The number of benzene rings is 2. The number of rotatable bonds is 6. The van der Waals surface area contributed by atoms with Gasteiger partial charge in [0.2, 0.25) is 0 Å². The Bertz CT molecular complexity index is 732. The van der Waals surface area contributed by atoms with Crippen molar-refractivity contribution in [3.8, 4) is 11.5 Å². The Morgan fingerprint density at radius 3 is 2.75 bits per heavy atom. The Kier molecular flexibility index (Phi) is 6.57. The highest BCUT2D eigenvalue weighted by Crippen LogP contribution is 2.27. The highest BCUT2D eigenvalue weighted by atomic mass is 32.1. The van der Waals surface area contributed by atoms with Crippen molar-refractivity contribution >= 4 is 29.2 Å². The van der Waals surface area contributed by atoms with Gasteiger partial charge in [-0.1, -0.05) is 12.1 Å². The third-order valence-corrected chi connectivity index (χ3v) is 3.34. The summed E-state index contributed by atoms with van der Waals surface area (Å²) in [7, 11) is 1.61. The molecule has 2 rings (SSSR count). The molecule has 2 aromatic carbocycles. The minimum Gasteiger partial charge on any atom is -0.493 e. The van der Waals surface area contributed by atoms with E-state index in [4.69, 9.17) is 21.7 Å². The maximum absolute atomic E-state index is 5.49. The molecule has 0 spiro atoms. The van der Waals surface area contributed by atoms with Gasteiger partial charge in [0.25, 0.3) is 0 Å². The number of hydrazone groups is 1. The number of aryl methyl sites for hydroxylation is 1. The predicted molar refractivity (Wildman–Crippen MR) is 102 cm³/mol. The molecule has 0 aliphatic heterocycles. The van der Waals surface area contributed by atoms with Gasteiger partial charge in [0, 0.05) is 5.69 Å². The lowest BCUT2D eigenvalue weighted by Gasteiger charge is -2.09. The average Bonchev–Trinajstić information content (AvgIpc) is 2.56. The van der Waals surface area contributed by atoms with Gasteiger partial charge in [-0.25, -0.2) is 0 Å². The molecule has 2 N–H and O–H groups in total. The highest BCUT2D eigenvalue weighted by molar-refractivity contribution is 7.80. The number of nitrogens with one attached hydrogen (secondary N) is 2. The van der Waals surface area contributed by atoms with Crippen molar-refractivity contribution < 1.29 is 9.47 Å². The maximum atomic E-state index is 5.49. The molecule has 5 nitrogen and oxygen atoms in total. The molecular weight excluding hydrogens is 322 g/mol. The Morgan fingerprint density at radius 1 is 1.21 bits per heavy atom. The fourth-order valence-corrected chi connectivity index (χ4v) is 2.26. The number of hydrogen-bond acceptors (Lipinski definition) is 4. The molecule has 2 aromatic rings. The number of hydrogen-bond donors (Lipinski definition) is 2. The molecule has 0 fully saturated rings. The second kappa shape index (κ2) is 8.88. The SMILES string of the molecule is CCOc1ccc(/C=N/NC(=S)Nc2cccc(C)c2)cc1OC. The van der Waals surface area contributed by atoms with Crippen LogP contribution in [0, 0.1) is 6.92 Å². The van der Waals surface area contributed by atoms with Crippen LogP contribution in [0.4, 0.5) is 5.69 Å². The van der Waals surface area contributed by atoms with Crippen LogP contribution < -0.4 is 20.2 Å². The van der Waals surface area contributed by atoms with Gasteiger partial charge in [0.1, 0.15) is 0 Å². The van der Waals surface area contributed by atoms with Gasteiger partial charge in [-0.2, -0.15) is 5.10 Å². The fraction of sp³-hybridized carbons (Fsp3) is 0.222. The average molecular weight is 343 g/mol. The quantitative estimate of drug-likeness (QED) is 0.476. The number of methoxy groups -OCH3 is 1. The first-order chi connectivity index (χ1) is 11.6. The molecule has 0 aliphatic rings. The molecule has 6 heteroatoms. The Hall–Kier alpha value is -2.60. The van der Waals surface area contributed by atoms with Gasteiger partial charge in [-0.05, 0) is 67.5 Å². The molecule has 126 valence electrons. The van der Waals surface area contributed by atoms with Gasteiger partial charge < -0.3 is 14.8 Å². The molecule has 0 aromatic heterocycles. The van der Waals surface area contributed by atoms with Crippen molar-refractivity contribution in [3.05, 3.63) is 53.6 Å². The summed E-state index contributed by atoms with van der Waals surface area (Å²) in [4.78, 5) is 0. The summed E-state index contributed by atoms with van der Waals surface area (Å²) in [6.07, 6.45) is 1.67. The van der Waals surface area contributed by atoms with Crippen molar-refractivity contribution in [1.82, 2.24) is 5.43 Å². The summed E-state index contributed by atoms with van der Waals surface area (Å²) in [6.45, 7) is 4.55. The molecule has 0 unspecified atom stereocenters. The van der Waals surface area contributed by atoms with Gasteiger partial charge in [-0.3, -0.25) is 5.43 Å². The number of thiocarbonyl (C=S) groups is 1. The van der Waals surface area contributed by atoms with Crippen molar-refractivity contribution in [3.63, 3.8) is 0 Å². The molecule has 0 heterocycles. The monoisotopic (exact) mass is 343 g/mol. The zero-order chi connectivity index (χ0) is 17.4. The molecule has 0 saturated carbocycles. The third kappa shape index (κ3) is 5.24. The molecular formula is C18H21N3O2S. The summed E-state index contributed by atoms with van der Waals surface area (Å²) < 4.78 is 10.8. The van der Waals surface area contributed by atoms with E-state index in [1.807, 2.05) is 56.3 Å². The molecule has 0 aliphatic carbocycles. The standard InChI is InChI=1S/C18H21N3O2S/c1-4-23-16-9-8-14(11-17(16)22-3)12-19-21-18(24)20-15-7-5-6-13(2)10-15/h5-12H,4H2,1-3H3,(H2,20,21,24)/b19-12+. The lowest BCUT2D eigenvalue weighted by molar-refractivity contribution is 0.311. The zero-order valence-corrected chi connectivity index (χ0v) is 14.8. The van der Waals surface area contributed by atoms with Crippen LogP contribution in [-0.2, 0) is 0 Å². The minimum absolute atomic E-state index is 0.426. The zero-order valence-electron chi connectivity index (χ0n) is 14.0. The van der Waals surface area contributed by atoms with Gasteiger partial charge in [0.15, 0.2) is 16.6 Å². The van der Waals surface area contributed by atoms with Crippen molar-refractivity contribution in [2.24, 2.45) is 5.10 Å². The molecule has 0 amide bonds. The third-order valence-electron chi connectivity index (χ3n) is 3.14. The molecule has 0 radical (unpaired) electrons. The molecule has 0 saturated heterocycles. The van der Waals surface area contributed by atoms with Crippen LogP contribution in [0.3, 0.4) is 0 Å². The smallest absolute Gasteiger partial charge is 0.191 e. The first-order valence-electron chi connectivity index (χ1n) is 7.60. The topological polar surface area (TPSA) is 54.9 Å². The summed E-state index contributed by atoms with van der Waals surface area (Å²) in [5.74, 6) is 1.38. The first kappa shape index (κ1) is 17.7. The summed E-state index contributed by atoms with van der Waals surface area (Å²) >= 11 is 5.22. The number of anilines is 1. The van der Waals surface area contributed by atoms with Gasteiger partial charge >= 0.3 is 0 Å². The van der Waals surface area contributed by atoms with E-state index < -0.39 is 0 Å². The molecule has 0 bridgehead atoms. The van der Waals surface area contributed by atoms with Crippen LogP contribution in [0.1, 0.15) is 18.1 Å². The van der Waals surface area contributed by atoms with Crippen LogP contribution in [0.15, 0.2) is 47.6 Å². The van der Waals surface area contributed by atoms with E-state index in [0.29, 0.717) is 23.2 Å². The maximum Gasteiger partial charge on any atom is 0.191 e. The van der Waals surface area contributed by atoms with Crippen LogP contribution in [0.2, 0.25) is 0 Å². The van der Waals surface area contributed by atoms with Gasteiger partial charge in [0.05, 0.1) is 19.9 Å².